The van der Waals surface area contributed by atoms with Crippen molar-refractivity contribution in [2.24, 2.45) is 0 Å². The fourth-order valence-corrected chi connectivity index (χ4v) is 2.70. The van der Waals surface area contributed by atoms with Gasteiger partial charge >= 0.3 is 5.97 Å². The summed E-state index contributed by atoms with van der Waals surface area (Å²) in [7, 11) is 0. The maximum atomic E-state index is 12.4. The van der Waals surface area contributed by atoms with Gasteiger partial charge in [-0.15, -0.1) is 0 Å². The van der Waals surface area contributed by atoms with E-state index in [0.29, 0.717) is 17.9 Å². The van der Waals surface area contributed by atoms with Crippen LogP contribution in [0.3, 0.4) is 0 Å². The molecule has 1 aromatic heterocycles. The van der Waals surface area contributed by atoms with Crippen molar-refractivity contribution in [1.82, 2.24) is 4.98 Å². The van der Waals surface area contributed by atoms with Crippen LogP contribution in [-0.2, 0) is 4.74 Å². The Morgan fingerprint density at radius 1 is 0.958 bits per heavy atom. The van der Waals surface area contributed by atoms with Crippen LogP contribution in [-0.4, -0.2) is 17.6 Å². The number of aromatic nitrogens is 1. The third-order valence-electron chi connectivity index (χ3n) is 3.81. The molecular weight excluding hydrogens is 298 g/mol. The molecule has 0 fully saturated rings. The molecule has 0 aliphatic carbocycles. The summed E-state index contributed by atoms with van der Waals surface area (Å²) in [6.07, 6.45) is 0. The molecule has 120 valence electrons. The molecule has 0 aliphatic heterocycles. The molecule has 0 radical (unpaired) electrons. The average molecular weight is 317 g/mol. The van der Waals surface area contributed by atoms with Crippen LogP contribution in [0.1, 0.15) is 22.8 Å². The van der Waals surface area contributed by atoms with Crippen LogP contribution in [0.25, 0.3) is 22.5 Å². The summed E-state index contributed by atoms with van der Waals surface area (Å²) in [5, 5.41) is 0. The van der Waals surface area contributed by atoms with Gasteiger partial charge < -0.3 is 4.74 Å². The Labute approximate surface area is 142 Å². The van der Waals surface area contributed by atoms with E-state index in [2.05, 4.69) is 0 Å². The minimum Gasteiger partial charge on any atom is -0.462 e. The van der Waals surface area contributed by atoms with E-state index >= 15 is 0 Å². The molecule has 3 aromatic rings. The Morgan fingerprint density at radius 2 is 1.54 bits per heavy atom. The number of hydrogen-bond acceptors (Lipinski definition) is 3. The summed E-state index contributed by atoms with van der Waals surface area (Å²) in [6, 6.07) is 21.6. The lowest BCUT2D eigenvalue weighted by molar-refractivity contribution is 0.0526. The standard InChI is InChI=1S/C21H19NO2/c1-3-24-21(23)19-15(2)14-18(16-10-6-4-7-11-16)22-20(19)17-12-8-5-9-13-17/h4-14H,3H2,1-2H3. The molecule has 3 heteroatoms. The van der Waals surface area contributed by atoms with Gasteiger partial charge in [0.25, 0.3) is 0 Å². The van der Waals surface area contributed by atoms with Crippen LogP contribution in [0.2, 0.25) is 0 Å². The summed E-state index contributed by atoms with van der Waals surface area (Å²) in [5.41, 5.74) is 4.83. The van der Waals surface area contributed by atoms with Crippen molar-refractivity contribution in [3.63, 3.8) is 0 Å². The molecule has 0 N–H and O–H groups in total. The van der Waals surface area contributed by atoms with Gasteiger partial charge in [-0.2, -0.15) is 0 Å². The zero-order valence-electron chi connectivity index (χ0n) is 13.8. The van der Waals surface area contributed by atoms with Crippen LogP contribution in [0.5, 0.6) is 0 Å². The van der Waals surface area contributed by atoms with Crippen LogP contribution < -0.4 is 0 Å². The Morgan fingerprint density at radius 3 is 2.12 bits per heavy atom. The Balaban J connectivity index is 2.21. The van der Waals surface area contributed by atoms with E-state index in [4.69, 9.17) is 9.72 Å². The van der Waals surface area contributed by atoms with Crippen LogP contribution in [0.15, 0.2) is 66.7 Å². The quantitative estimate of drug-likeness (QED) is 0.642. The lowest BCUT2D eigenvalue weighted by Gasteiger charge is -2.14. The first kappa shape index (κ1) is 15.9. The van der Waals surface area contributed by atoms with E-state index in [1.54, 1.807) is 6.92 Å². The highest BCUT2D eigenvalue weighted by atomic mass is 16.5. The average Bonchev–Trinajstić information content (AvgIpc) is 2.62. The summed E-state index contributed by atoms with van der Waals surface area (Å²) in [5.74, 6) is -0.332. The zero-order valence-corrected chi connectivity index (χ0v) is 13.8. The van der Waals surface area contributed by atoms with Gasteiger partial charge in [-0.3, -0.25) is 0 Å². The van der Waals surface area contributed by atoms with Gasteiger partial charge in [0.15, 0.2) is 0 Å². The second kappa shape index (κ2) is 7.09. The molecular formula is C21H19NO2. The number of nitrogens with zero attached hydrogens (tertiary/aromatic N) is 1. The molecule has 0 spiro atoms. The van der Waals surface area contributed by atoms with Crippen molar-refractivity contribution < 1.29 is 9.53 Å². The highest BCUT2D eigenvalue weighted by Gasteiger charge is 2.20. The first-order valence-corrected chi connectivity index (χ1v) is 8.00. The molecule has 0 amide bonds. The second-order valence-corrected chi connectivity index (χ2v) is 5.50. The summed E-state index contributed by atoms with van der Waals surface area (Å²) >= 11 is 0. The molecule has 1 heterocycles. The van der Waals surface area contributed by atoms with Crippen LogP contribution >= 0.6 is 0 Å². The van der Waals surface area contributed by atoms with E-state index in [-0.39, 0.29) is 5.97 Å². The maximum absolute atomic E-state index is 12.4. The molecule has 0 atom stereocenters. The number of carbonyl (C=O) groups is 1. The number of rotatable bonds is 4. The van der Waals surface area contributed by atoms with E-state index in [1.807, 2.05) is 73.7 Å². The van der Waals surface area contributed by atoms with Crippen LogP contribution in [0, 0.1) is 6.92 Å². The van der Waals surface area contributed by atoms with Gasteiger partial charge in [0.1, 0.15) is 0 Å². The number of carbonyl (C=O) groups excluding carboxylic acids is 1. The largest absolute Gasteiger partial charge is 0.462 e. The van der Waals surface area contributed by atoms with Crippen LogP contribution in [0.4, 0.5) is 0 Å². The topological polar surface area (TPSA) is 39.2 Å². The van der Waals surface area contributed by atoms with E-state index < -0.39 is 0 Å². The van der Waals surface area contributed by atoms with E-state index in [1.165, 1.54) is 0 Å². The first-order valence-electron chi connectivity index (χ1n) is 8.00. The molecule has 0 saturated heterocycles. The molecule has 0 saturated carbocycles. The van der Waals surface area contributed by atoms with Crippen molar-refractivity contribution in [1.29, 1.82) is 0 Å². The molecule has 3 nitrogen and oxygen atoms in total. The summed E-state index contributed by atoms with van der Waals surface area (Å²) in [4.78, 5) is 17.2. The first-order chi connectivity index (χ1) is 11.7. The zero-order chi connectivity index (χ0) is 16.9. The normalized spacial score (nSPS) is 10.4. The number of pyridine rings is 1. The summed E-state index contributed by atoms with van der Waals surface area (Å²) in [6.45, 7) is 4.07. The predicted molar refractivity (Wildman–Crippen MR) is 95.8 cm³/mol. The lowest BCUT2D eigenvalue weighted by Crippen LogP contribution is -2.10. The maximum Gasteiger partial charge on any atom is 0.340 e. The summed E-state index contributed by atoms with van der Waals surface area (Å²) < 4.78 is 5.24. The van der Waals surface area contributed by atoms with Gasteiger partial charge in [0, 0.05) is 11.1 Å². The molecule has 0 unspecified atom stereocenters. The second-order valence-electron chi connectivity index (χ2n) is 5.50. The smallest absolute Gasteiger partial charge is 0.340 e. The van der Waals surface area contributed by atoms with Gasteiger partial charge in [-0.25, -0.2) is 9.78 Å². The SMILES string of the molecule is CCOC(=O)c1c(C)cc(-c2ccccc2)nc1-c1ccccc1. The number of benzene rings is 2. The van der Waals surface area contributed by atoms with Crippen molar-refractivity contribution in [3.8, 4) is 22.5 Å². The molecule has 3 rings (SSSR count). The van der Waals surface area contributed by atoms with Gasteiger partial charge in [-0.05, 0) is 25.5 Å². The van der Waals surface area contributed by atoms with Crippen molar-refractivity contribution in [2.75, 3.05) is 6.61 Å². The molecule has 0 aliphatic rings. The molecule has 2 aromatic carbocycles. The number of esters is 1. The molecule has 24 heavy (non-hydrogen) atoms. The molecule has 0 bridgehead atoms. The predicted octanol–water partition coefficient (Wildman–Crippen LogP) is 4.90. The van der Waals surface area contributed by atoms with E-state index in [9.17, 15) is 4.79 Å². The third kappa shape index (κ3) is 3.20. The Hall–Kier alpha value is -2.94. The van der Waals surface area contributed by atoms with Crippen molar-refractivity contribution in [2.45, 2.75) is 13.8 Å². The number of aryl methyl sites for hydroxylation is 1. The monoisotopic (exact) mass is 317 g/mol. The third-order valence-corrected chi connectivity index (χ3v) is 3.81. The van der Waals surface area contributed by atoms with Gasteiger partial charge in [-0.1, -0.05) is 60.7 Å². The minimum absolute atomic E-state index is 0.332. The number of ether oxygens (including phenoxy) is 1. The van der Waals surface area contributed by atoms with Crippen molar-refractivity contribution >= 4 is 5.97 Å². The Bertz CT molecular complexity index is 842. The number of hydrogen-bond donors (Lipinski definition) is 0. The minimum atomic E-state index is -0.332. The van der Waals surface area contributed by atoms with E-state index in [0.717, 1.165) is 22.4 Å². The van der Waals surface area contributed by atoms with Gasteiger partial charge in [0.2, 0.25) is 0 Å². The highest BCUT2D eigenvalue weighted by molar-refractivity contribution is 5.98. The van der Waals surface area contributed by atoms with Gasteiger partial charge in [0.05, 0.1) is 23.6 Å². The van der Waals surface area contributed by atoms with Crippen molar-refractivity contribution in [3.05, 3.63) is 77.9 Å². The Kier molecular flexibility index (Phi) is 4.71. The highest BCUT2D eigenvalue weighted by Crippen LogP contribution is 2.29. The lowest BCUT2D eigenvalue weighted by atomic mass is 9.99. The fourth-order valence-electron chi connectivity index (χ4n) is 2.70. The fraction of sp³-hybridized carbons (Fsp3) is 0.143.